The van der Waals surface area contributed by atoms with Crippen LogP contribution in [-0.2, 0) is 16.9 Å². The van der Waals surface area contributed by atoms with E-state index in [1.54, 1.807) is 13.0 Å². The zero-order valence-corrected chi connectivity index (χ0v) is 9.01. The molecule has 15 heavy (non-hydrogen) atoms. The number of rotatable bonds is 0. The molecule has 2 heterocycles. The molecule has 3 heteroatoms. The second-order valence-electron chi connectivity index (χ2n) is 4.71. The van der Waals surface area contributed by atoms with Crippen LogP contribution in [0.2, 0.25) is 0 Å². The average Bonchev–Trinajstić information content (AvgIpc) is 2.46. The summed E-state index contributed by atoms with van der Waals surface area (Å²) in [6.07, 6.45) is 0. The van der Waals surface area contributed by atoms with Crippen LogP contribution >= 0.6 is 0 Å². The predicted octanol–water partition coefficient (Wildman–Crippen LogP) is 1.81. The van der Waals surface area contributed by atoms with Crippen LogP contribution in [0.4, 0.5) is 4.39 Å². The first-order chi connectivity index (χ1) is 7.11. The maximum atomic E-state index is 13.5. The van der Waals surface area contributed by atoms with Crippen LogP contribution in [0.5, 0.6) is 0 Å². The maximum Gasteiger partial charge on any atom is 0.126 e. The fraction of sp³-hybridized carbons (Fsp3) is 0.500. The molecule has 1 fully saturated rings. The lowest BCUT2D eigenvalue weighted by Gasteiger charge is -2.45. The molecule has 1 saturated heterocycles. The summed E-state index contributed by atoms with van der Waals surface area (Å²) in [5.74, 6) is -0.117. The molecule has 0 saturated carbocycles. The molecule has 3 rings (SSSR count). The largest absolute Gasteiger partial charge is 0.363 e. The van der Waals surface area contributed by atoms with Crippen molar-refractivity contribution in [2.75, 3.05) is 20.1 Å². The van der Waals surface area contributed by atoms with Crippen LogP contribution in [0.15, 0.2) is 12.1 Å². The van der Waals surface area contributed by atoms with Gasteiger partial charge in [-0.25, -0.2) is 4.39 Å². The van der Waals surface area contributed by atoms with E-state index in [2.05, 4.69) is 11.9 Å². The number of halogens is 1. The van der Waals surface area contributed by atoms with E-state index >= 15 is 0 Å². The highest BCUT2D eigenvalue weighted by atomic mass is 19.1. The Labute approximate surface area is 88.6 Å². The number of hydrogen-bond donors (Lipinski definition) is 0. The van der Waals surface area contributed by atoms with Gasteiger partial charge in [-0.1, -0.05) is 6.07 Å². The molecule has 0 N–H and O–H groups in total. The second kappa shape index (κ2) is 2.80. The highest BCUT2D eigenvalue weighted by Crippen LogP contribution is 2.43. The van der Waals surface area contributed by atoms with E-state index < -0.39 is 0 Å². The maximum absolute atomic E-state index is 13.5. The smallest absolute Gasteiger partial charge is 0.126 e. The third kappa shape index (κ3) is 1.17. The van der Waals surface area contributed by atoms with Crippen molar-refractivity contribution < 1.29 is 9.13 Å². The molecular formula is C12H14FNO. The third-order valence-electron chi connectivity index (χ3n) is 3.43. The third-order valence-corrected chi connectivity index (χ3v) is 3.43. The Bertz CT molecular complexity index is 424. The Morgan fingerprint density at radius 2 is 2.13 bits per heavy atom. The van der Waals surface area contributed by atoms with E-state index in [1.165, 1.54) is 0 Å². The van der Waals surface area contributed by atoms with Crippen LogP contribution in [0.3, 0.4) is 0 Å². The first-order valence-electron chi connectivity index (χ1n) is 5.23. The van der Waals surface area contributed by atoms with Crippen molar-refractivity contribution in [1.82, 2.24) is 4.90 Å². The van der Waals surface area contributed by atoms with E-state index in [4.69, 9.17) is 4.74 Å². The minimum Gasteiger partial charge on any atom is -0.363 e. The number of benzene rings is 1. The number of fused-ring (bicyclic) bond motifs is 2. The summed E-state index contributed by atoms with van der Waals surface area (Å²) < 4.78 is 19.3. The minimum atomic E-state index is -0.210. The highest BCUT2D eigenvalue weighted by Gasteiger charge is 2.48. The van der Waals surface area contributed by atoms with Crippen molar-refractivity contribution in [1.29, 1.82) is 0 Å². The molecular weight excluding hydrogens is 193 g/mol. The van der Waals surface area contributed by atoms with Crippen molar-refractivity contribution in [2.24, 2.45) is 0 Å². The molecule has 80 valence electrons. The van der Waals surface area contributed by atoms with Crippen LogP contribution in [-0.4, -0.2) is 25.0 Å². The molecule has 2 nitrogen and oxygen atoms in total. The Morgan fingerprint density at radius 3 is 2.80 bits per heavy atom. The van der Waals surface area contributed by atoms with E-state index in [0.717, 1.165) is 24.2 Å². The lowest BCUT2D eigenvalue weighted by molar-refractivity contribution is -0.133. The van der Waals surface area contributed by atoms with Gasteiger partial charge in [-0.3, -0.25) is 4.90 Å². The van der Waals surface area contributed by atoms with Crippen molar-refractivity contribution in [2.45, 2.75) is 19.1 Å². The van der Waals surface area contributed by atoms with Crippen LogP contribution in [0.1, 0.15) is 16.7 Å². The number of nitrogens with zero attached hydrogens (tertiary/aromatic N) is 1. The molecule has 0 aromatic heterocycles. The Kier molecular flexibility index (Phi) is 1.74. The minimum absolute atomic E-state index is 0.117. The Balaban J connectivity index is 2.07. The Morgan fingerprint density at radius 1 is 1.40 bits per heavy atom. The monoisotopic (exact) mass is 207 g/mol. The summed E-state index contributed by atoms with van der Waals surface area (Å²) in [5.41, 5.74) is 2.71. The molecule has 0 amide bonds. The topological polar surface area (TPSA) is 12.5 Å². The molecule has 0 bridgehead atoms. The van der Waals surface area contributed by atoms with Gasteiger partial charge in [0.25, 0.3) is 0 Å². The molecule has 0 radical (unpaired) electrons. The van der Waals surface area contributed by atoms with Gasteiger partial charge in [-0.2, -0.15) is 0 Å². The summed E-state index contributed by atoms with van der Waals surface area (Å²) in [6, 6.07) is 3.57. The van der Waals surface area contributed by atoms with Gasteiger partial charge in [-0.05, 0) is 36.7 Å². The average molecular weight is 207 g/mol. The van der Waals surface area contributed by atoms with Gasteiger partial charge in [0, 0.05) is 13.1 Å². The van der Waals surface area contributed by atoms with Crippen molar-refractivity contribution in [3.05, 3.63) is 34.6 Å². The standard InChI is InChI=1S/C12H14FNO/c1-8-3-9-5-15-12(6-14(2)7-12)10(9)4-11(8)13/h3-4H,5-7H2,1-2H3. The first kappa shape index (κ1) is 9.31. The van der Waals surface area contributed by atoms with Gasteiger partial charge in [0.2, 0.25) is 0 Å². The van der Waals surface area contributed by atoms with Gasteiger partial charge in [0.15, 0.2) is 0 Å². The molecule has 0 unspecified atom stereocenters. The van der Waals surface area contributed by atoms with Gasteiger partial charge in [0.1, 0.15) is 11.4 Å². The predicted molar refractivity (Wildman–Crippen MR) is 55.1 cm³/mol. The van der Waals surface area contributed by atoms with Crippen LogP contribution in [0.25, 0.3) is 0 Å². The van der Waals surface area contributed by atoms with E-state index in [9.17, 15) is 4.39 Å². The normalized spacial score (nSPS) is 22.9. The molecule has 0 atom stereocenters. The Hall–Kier alpha value is -0.930. The summed E-state index contributed by atoms with van der Waals surface area (Å²) >= 11 is 0. The number of likely N-dealkylation sites (N-methyl/N-ethyl adjacent to an activating group) is 1. The fourth-order valence-corrected chi connectivity index (χ4v) is 2.67. The highest BCUT2D eigenvalue weighted by molar-refractivity contribution is 5.41. The zero-order chi connectivity index (χ0) is 10.6. The second-order valence-corrected chi connectivity index (χ2v) is 4.71. The van der Waals surface area contributed by atoms with Crippen LogP contribution in [0, 0.1) is 12.7 Å². The molecule has 2 aliphatic rings. The molecule has 1 aromatic rings. The van der Waals surface area contributed by atoms with Crippen molar-refractivity contribution in [3.63, 3.8) is 0 Å². The summed E-state index contributed by atoms with van der Waals surface area (Å²) in [5, 5.41) is 0. The number of aryl methyl sites for hydroxylation is 1. The lowest BCUT2D eigenvalue weighted by atomic mass is 9.85. The van der Waals surface area contributed by atoms with Crippen LogP contribution < -0.4 is 0 Å². The van der Waals surface area contributed by atoms with Crippen molar-refractivity contribution in [3.8, 4) is 0 Å². The number of hydrogen-bond acceptors (Lipinski definition) is 2. The van der Waals surface area contributed by atoms with Gasteiger partial charge in [0.05, 0.1) is 6.61 Å². The van der Waals surface area contributed by atoms with E-state index in [-0.39, 0.29) is 11.4 Å². The summed E-state index contributed by atoms with van der Waals surface area (Å²) in [7, 11) is 2.05. The van der Waals surface area contributed by atoms with Gasteiger partial charge >= 0.3 is 0 Å². The lowest BCUT2D eigenvalue weighted by Crippen LogP contribution is -2.57. The number of likely N-dealkylation sites (tertiary alicyclic amines) is 1. The first-order valence-corrected chi connectivity index (χ1v) is 5.23. The van der Waals surface area contributed by atoms with Gasteiger partial charge in [-0.15, -0.1) is 0 Å². The molecule has 2 aliphatic heterocycles. The zero-order valence-electron chi connectivity index (χ0n) is 9.01. The van der Waals surface area contributed by atoms with Crippen molar-refractivity contribution >= 4 is 0 Å². The SMILES string of the molecule is Cc1cc2c(cc1F)C1(CN(C)C1)OC2. The van der Waals surface area contributed by atoms with E-state index in [1.807, 2.05) is 6.07 Å². The molecule has 0 aliphatic carbocycles. The van der Waals surface area contributed by atoms with Gasteiger partial charge < -0.3 is 4.74 Å². The fourth-order valence-electron chi connectivity index (χ4n) is 2.67. The summed E-state index contributed by atoms with van der Waals surface area (Å²) in [4.78, 5) is 2.19. The summed E-state index contributed by atoms with van der Waals surface area (Å²) in [6.45, 7) is 4.18. The number of ether oxygens (including phenoxy) is 1. The molecule has 1 aromatic carbocycles. The quantitative estimate of drug-likeness (QED) is 0.643. The molecule has 1 spiro atoms. The van der Waals surface area contributed by atoms with E-state index in [0.29, 0.717) is 12.2 Å².